The fraction of sp³-hybridized carbons (Fsp3) is 0.286. The number of hydrogen-bond donors (Lipinski definition) is 2. The monoisotopic (exact) mass is 413 g/mol. The molecule has 9 heteroatoms. The number of nitrogens with one attached hydrogen (secondary N) is 2. The Kier molecular flexibility index (Phi) is 5.60. The Morgan fingerprint density at radius 3 is 2.67 bits per heavy atom. The van der Waals surface area contributed by atoms with Crippen molar-refractivity contribution in [3.05, 3.63) is 59.4 Å². The normalized spacial score (nSPS) is 13.5. The zero-order valence-corrected chi connectivity index (χ0v) is 16.4. The highest BCUT2D eigenvalue weighted by Gasteiger charge is 2.21. The van der Waals surface area contributed by atoms with Gasteiger partial charge in [0, 0.05) is 18.8 Å². The molecule has 0 aliphatic carbocycles. The largest absolute Gasteiger partial charge is 0.496 e. The second-order valence-corrected chi connectivity index (χ2v) is 6.98. The first-order chi connectivity index (χ1) is 14.5. The molecule has 2 aromatic carbocycles. The lowest BCUT2D eigenvalue weighted by atomic mass is 10.1. The summed E-state index contributed by atoms with van der Waals surface area (Å²) in [6, 6.07) is 8.31. The highest BCUT2D eigenvalue weighted by molar-refractivity contribution is 5.99. The van der Waals surface area contributed by atoms with Crippen LogP contribution in [0.2, 0.25) is 0 Å². The predicted octanol–water partition coefficient (Wildman–Crippen LogP) is 3.29. The fourth-order valence-corrected chi connectivity index (χ4v) is 3.54. The minimum Gasteiger partial charge on any atom is -0.496 e. The number of H-pyrrole nitrogens is 1. The molecule has 1 amide bonds. The number of aromatic amines is 1. The first-order valence-electron chi connectivity index (χ1n) is 9.63. The Bertz CT molecular complexity index is 1060. The molecule has 1 fully saturated rings. The van der Waals surface area contributed by atoms with Gasteiger partial charge >= 0.3 is 0 Å². The predicted molar refractivity (Wildman–Crippen MR) is 107 cm³/mol. The van der Waals surface area contributed by atoms with Gasteiger partial charge in [0.15, 0.2) is 11.6 Å². The van der Waals surface area contributed by atoms with E-state index in [9.17, 15) is 13.6 Å². The average molecular weight is 413 g/mol. The van der Waals surface area contributed by atoms with Crippen molar-refractivity contribution in [2.24, 2.45) is 0 Å². The molecule has 0 atom stereocenters. The van der Waals surface area contributed by atoms with Crippen molar-refractivity contribution in [1.29, 1.82) is 0 Å². The second-order valence-electron chi connectivity index (χ2n) is 6.98. The molecule has 0 bridgehead atoms. The van der Waals surface area contributed by atoms with E-state index in [1.807, 2.05) is 0 Å². The molecule has 2 heterocycles. The topological polar surface area (TPSA) is 83.1 Å². The smallest absolute Gasteiger partial charge is 0.253 e. The third-order valence-corrected chi connectivity index (χ3v) is 5.01. The van der Waals surface area contributed by atoms with Crippen LogP contribution in [0, 0.1) is 11.6 Å². The van der Waals surface area contributed by atoms with Crippen LogP contribution in [0.15, 0.2) is 36.4 Å². The molecule has 0 saturated carbocycles. The Hall–Kier alpha value is -3.49. The van der Waals surface area contributed by atoms with Gasteiger partial charge in [0.1, 0.15) is 17.4 Å². The highest BCUT2D eigenvalue weighted by atomic mass is 19.1. The number of hydrogen-bond acceptors (Lipinski definition) is 5. The lowest BCUT2D eigenvalue weighted by molar-refractivity contribution is 0.0950. The maximum Gasteiger partial charge on any atom is 0.253 e. The van der Waals surface area contributed by atoms with Gasteiger partial charge in [0.05, 0.1) is 24.8 Å². The molecular formula is C21H21F2N5O2. The number of methoxy groups -OCH3 is 1. The molecule has 3 aromatic rings. The van der Waals surface area contributed by atoms with Gasteiger partial charge in [-0.2, -0.15) is 5.10 Å². The summed E-state index contributed by atoms with van der Waals surface area (Å²) in [4.78, 5) is 19.1. The van der Waals surface area contributed by atoms with Crippen molar-refractivity contribution in [3.63, 3.8) is 0 Å². The number of rotatable bonds is 6. The first-order valence-corrected chi connectivity index (χ1v) is 9.63. The third kappa shape index (κ3) is 4.10. The molecule has 2 N–H and O–H groups in total. The van der Waals surface area contributed by atoms with Crippen molar-refractivity contribution in [3.8, 4) is 17.1 Å². The Balaban J connectivity index is 1.49. The molecule has 1 aliphatic heterocycles. The molecule has 1 aromatic heterocycles. The van der Waals surface area contributed by atoms with Crippen molar-refractivity contribution >= 4 is 11.6 Å². The minimum atomic E-state index is -0.471. The summed E-state index contributed by atoms with van der Waals surface area (Å²) in [6.45, 7) is 1.71. The van der Waals surface area contributed by atoms with Crippen LogP contribution in [-0.4, -0.2) is 41.3 Å². The van der Waals surface area contributed by atoms with Crippen molar-refractivity contribution in [2.45, 2.75) is 19.4 Å². The quantitative estimate of drug-likeness (QED) is 0.648. The summed E-state index contributed by atoms with van der Waals surface area (Å²) in [5.74, 6) is -0.244. The number of nitrogens with zero attached hydrogens (tertiary/aromatic N) is 3. The molecule has 1 aliphatic rings. The van der Waals surface area contributed by atoms with Crippen LogP contribution < -0.4 is 15.0 Å². The highest BCUT2D eigenvalue weighted by Crippen LogP contribution is 2.28. The Morgan fingerprint density at radius 1 is 1.17 bits per heavy atom. The minimum absolute atomic E-state index is 0.0307. The molecule has 1 saturated heterocycles. The number of anilines is 1. The van der Waals surface area contributed by atoms with E-state index in [-0.39, 0.29) is 12.1 Å². The zero-order valence-electron chi connectivity index (χ0n) is 16.4. The standard InChI is InChI=1S/C21H21F2N5O2/c1-30-18-7-5-14(23)11-16(18)20-25-19(26-27-20)12-24-21(29)15-10-13(22)4-6-17(15)28-8-2-3-9-28/h4-7,10-11H,2-3,8-9,12H2,1H3,(H,24,29)(H,25,26,27). The van der Waals surface area contributed by atoms with E-state index < -0.39 is 17.5 Å². The SMILES string of the molecule is COc1ccc(F)cc1-c1nc(CNC(=O)c2cc(F)ccc2N2CCCC2)n[nH]1. The maximum atomic E-state index is 13.8. The summed E-state index contributed by atoms with van der Waals surface area (Å²) in [7, 11) is 1.48. The lowest BCUT2D eigenvalue weighted by Gasteiger charge is -2.21. The Morgan fingerprint density at radius 2 is 1.90 bits per heavy atom. The molecule has 0 unspecified atom stereocenters. The number of carbonyl (C=O) groups is 1. The summed E-state index contributed by atoms with van der Waals surface area (Å²) < 4.78 is 32.6. The molecule has 156 valence electrons. The van der Waals surface area contributed by atoms with Gasteiger partial charge in [0.2, 0.25) is 0 Å². The van der Waals surface area contributed by atoms with Crippen LogP contribution in [0.3, 0.4) is 0 Å². The number of carbonyl (C=O) groups excluding carboxylic acids is 1. The second kappa shape index (κ2) is 8.48. The van der Waals surface area contributed by atoms with E-state index >= 15 is 0 Å². The van der Waals surface area contributed by atoms with Gasteiger partial charge < -0.3 is 15.0 Å². The van der Waals surface area contributed by atoms with E-state index in [1.165, 1.54) is 37.4 Å². The van der Waals surface area contributed by atoms with E-state index in [0.29, 0.717) is 28.6 Å². The number of ether oxygens (including phenoxy) is 1. The number of amides is 1. The summed E-state index contributed by atoms with van der Waals surface area (Å²) in [6.07, 6.45) is 2.09. The van der Waals surface area contributed by atoms with Crippen LogP contribution in [0.4, 0.5) is 14.5 Å². The van der Waals surface area contributed by atoms with E-state index in [1.54, 1.807) is 6.07 Å². The molecule has 4 rings (SSSR count). The zero-order chi connectivity index (χ0) is 21.1. The number of aromatic nitrogens is 3. The van der Waals surface area contributed by atoms with Crippen LogP contribution in [0.25, 0.3) is 11.4 Å². The van der Waals surface area contributed by atoms with Gasteiger partial charge in [0.25, 0.3) is 5.91 Å². The average Bonchev–Trinajstić information content (AvgIpc) is 3.44. The van der Waals surface area contributed by atoms with Gasteiger partial charge in [-0.25, -0.2) is 13.8 Å². The molecule has 7 nitrogen and oxygen atoms in total. The van der Waals surface area contributed by atoms with Gasteiger partial charge in [-0.05, 0) is 49.2 Å². The van der Waals surface area contributed by atoms with Crippen molar-refractivity contribution < 1.29 is 18.3 Å². The van der Waals surface area contributed by atoms with Crippen LogP contribution >= 0.6 is 0 Å². The third-order valence-electron chi connectivity index (χ3n) is 5.01. The van der Waals surface area contributed by atoms with E-state index in [0.717, 1.165) is 25.9 Å². The van der Waals surface area contributed by atoms with Crippen molar-refractivity contribution in [2.75, 3.05) is 25.1 Å². The first kappa shape index (κ1) is 19.8. The van der Waals surface area contributed by atoms with Gasteiger partial charge in [-0.3, -0.25) is 9.89 Å². The number of halogens is 2. The van der Waals surface area contributed by atoms with E-state index in [4.69, 9.17) is 4.74 Å². The summed E-state index contributed by atoms with van der Waals surface area (Å²) in [5, 5.41) is 9.52. The maximum absolute atomic E-state index is 13.8. The summed E-state index contributed by atoms with van der Waals surface area (Å²) in [5.41, 5.74) is 1.41. The lowest BCUT2D eigenvalue weighted by Crippen LogP contribution is -2.27. The summed E-state index contributed by atoms with van der Waals surface area (Å²) >= 11 is 0. The number of benzene rings is 2. The molecule has 30 heavy (non-hydrogen) atoms. The van der Waals surface area contributed by atoms with Gasteiger partial charge in [-0.1, -0.05) is 0 Å². The Labute approximate surface area is 172 Å². The molecular weight excluding hydrogens is 392 g/mol. The molecule has 0 radical (unpaired) electrons. The van der Waals surface area contributed by atoms with E-state index in [2.05, 4.69) is 25.4 Å². The van der Waals surface area contributed by atoms with Crippen LogP contribution in [0.5, 0.6) is 5.75 Å². The van der Waals surface area contributed by atoms with Crippen LogP contribution in [0.1, 0.15) is 29.0 Å². The van der Waals surface area contributed by atoms with Crippen molar-refractivity contribution in [1.82, 2.24) is 20.5 Å². The molecule has 0 spiro atoms. The van der Waals surface area contributed by atoms with Gasteiger partial charge in [-0.15, -0.1) is 0 Å². The fourth-order valence-electron chi connectivity index (χ4n) is 3.54. The van der Waals surface area contributed by atoms with Crippen LogP contribution in [-0.2, 0) is 6.54 Å².